The Morgan fingerprint density at radius 1 is 1.58 bits per heavy atom. The normalized spacial score (nSPS) is 11.1. The van der Waals surface area contributed by atoms with Gasteiger partial charge in [-0.25, -0.2) is 9.97 Å². The second kappa shape index (κ2) is 6.03. The molecule has 19 heavy (non-hydrogen) atoms. The van der Waals surface area contributed by atoms with Crippen molar-refractivity contribution >= 4 is 28.9 Å². The van der Waals surface area contributed by atoms with Crippen LogP contribution in [0, 0.1) is 6.92 Å². The number of aryl methyl sites for hydroxylation is 1. The van der Waals surface area contributed by atoms with Crippen LogP contribution in [0.1, 0.15) is 5.56 Å². The molecule has 6 nitrogen and oxygen atoms in total. The minimum Gasteiger partial charge on any atom is -0.481 e. The van der Waals surface area contributed by atoms with Crippen LogP contribution >= 0.6 is 11.8 Å². The van der Waals surface area contributed by atoms with E-state index in [2.05, 4.69) is 9.97 Å². The summed E-state index contributed by atoms with van der Waals surface area (Å²) >= 11 is 1.19. The maximum Gasteiger partial charge on any atom is 0.313 e. The molecule has 0 spiro atoms. The van der Waals surface area contributed by atoms with E-state index < -0.39 is 5.97 Å². The highest BCUT2D eigenvalue weighted by atomic mass is 32.2. The van der Waals surface area contributed by atoms with E-state index in [4.69, 9.17) is 9.84 Å². The minimum atomic E-state index is -0.862. The van der Waals surface area contributed by atoms with Crippen LogP contribution in [0.25, 0.3) is 11.2 Å². The topological polar surface area (TPSA) is 77.2 Å². The average Bonchev–Trinajstić information content (AvgIpc) is 2.70. The van der Waals surface area contributed by atoms with Crippen molar-refractivity contribution in [2.75, 3.05) is 19.5 Å². The molecule has 0 saturated carbocycles. The monoisotopic (exact) mass is 281 g/mol. The van der Waals surface area contributed by atoms with Gasteiger partial charge in [0.05, 0.1) is 18.9 Å². The molecule has 2 aromatic rings. The van der Waals surface area contributed by atoms with E-state index in [9.17, 15) is 4.79 Å². The molecule has 2 heterocycles. The van der Waals surface area contributed by atoms with E-state index in [1.807, 2.05) is 17.6 Å². The van der Waals surface area contributed by atoms with Crippen LogP contribution in [-0.4, -0.2) is 45.1 Å². The third-order valence-corrected chi connectivity index (χ3v) is 3.49. The molecule has 0 atom stereocenters. The molecule has 1 N–H and O–H groups in total. The van der Waals surface area contributed by atoms with Crippen LogP contribution in [-0.2, 0) is 16.1 Å². The molecule has 2 aromatic heterocycles. The smallest absolute Gasteiger partial charge is 0.313 e. The first-order valence-electron chi connectivity index (χ1n) is 5.78. The lowest BCUT2D eigenvalue weighted by molar-refractivity contribution is -0.133. The highest BCUT2D eigenvalue weighted by Crippen LogP contribution is 2.23. The van der Waals surface area contributed by atoms with E-state index in [1.165, 1.54) is 11.8 Å². The van der Waals surface area contributed by atoms with Gasteiger partial charge in [0.25, 0.3) is 0 Å². The first-order chi connectivity index (χ1) is 9.11. The van der Waals surface area contributed by atoms with Crippen molar-refractivity contribution in [2.24, 2.45) is 0 Å². The lowest BCUT2D eigenvalue weighted by Crippen LogP contribution is -2.07. The summed E-state index contributed by atoms with van der Waals surface area (Å²) in [4.78, 5) is 19.5. The van der Waals surface area contributed by atoms with Crippen molar-refractivity contribution < 1.29 is 14.6 Å². The first kappa shape index (κ1) is 13.8. The quantitative estimate of drug-likeness (QED) is 0.810. The average molecular weight is 281 g/mol. The van der Waals surface area contributed by atoms with Crippen molar-refractivity contribution in [2.45, 2.75) is 18.6 Å². The fourth-order valence-corrected chi connectivity index (χ4v) is 2.46. The molecule has 0 radical (unpaired) electrons. The van der Waals surface area contributed by atoms with Crippen LogP contribution in [0.3, 0.4) is 0 Å². The number of carboxylic acid groups (broad SMARTS) is 1. The van der Waals surface area contributed by atoms with Crippen LogP contribution in [0.2, 0.25) is 0 Å². The summed E-state index contributed by atoms with van der Waals surface area (Å²) in [5.41, 5.74) is 2.57. The molecule has 7 heteroatoms. The molecular formula is C12H15N3O3S. The first-order valence-corrected chi connectivity index (χ1v) is 6.77. The predicted molar refractivity (Wildman–Crippen MR) is 72.5 cm³/mol. The highest BCUT2D eigenvalue weighted by molar-refractivity contribution is 7.99. The third kappa shape index (κ3) is 3.24. The standard InChI is InChI=1S/C12H15N3O3S/c1-8-5-9-11(13-6-8)15(3-4-18-2)12(14-9)19-7-10(16)17/h5-6H,3-4,7H2,1-2H3,(H,16,17). The summed E-state index contributed by atoms with van der Waals surface area (Å²) in [5, 5.41) is 9.42. The molecule has 0 aliphatic heterocycles. The van der Waals surface area contributed by atoms with Gasteiger partial charge in [-0.05, 0) is 18.6 Å². The van der Waals surface area contributed by atoms with Gasteiger partial charge in [-0.2, -0.15) is 0 Å². The van der Waals surface area contributed by atoms with E-state index in [1.54, 1.807) is 13.3 Å². The maximum absolute atomic E-state index is 10.7. The van der Waals surface area contributed by atoms with Gasteiger partial charge in [-0.1, -0.05) is 11.8 Å². The zero-order valence-corrected chi connectivity index (χ0v) is 11.6. The molecule has 0 aliphatic carbocycles. The molecule has 0 aliphatic rings. The molecular weight excluding hydrogens is 266 g/mol. The summed E-state index contributed by atoms with van der Waals surface area (Å²) in [5.74, 6) is -0.880. The Hall–Kier alpha value is -1.60. The van der Waals surface area contributed by atoms with Crippen molar-refractivity contribution in [1.29, 1.82) is 0 Å². The number of aliphatic carboxylic acids is 1. The van der Waals surface area contributed by atoms with Gasteiger partial charge in [0, 0.05) is 13.3 Å². The van der Waals surface area contributed by atoms with E-state index >= 15 is 0 Å². The zero-order chi connectivity index (χ0) is 13.8. The molecule has 102 valence electrons. The zero-order valence-electron chi connectivity index (χ0n) is 10.8. The van der Waals surface area contributed by atoms with Crippen LogP contribution < -0.4 is 0 Å². The molecule has 0 saturated heterocycles. The van der Waals surface area contributed by atoms with Crippen LogP contribution in [0.15, 0.2) is 17.4 Å². The fourth-order valence-electron chi connectivity index (χ4n) is 1.71. The van der Waals surface area contributed by atoms with Gasteiger partial charge in [-0.3, -0.25) is 4.79 Å². The Morgan fingerprint density at radius 2 is 2.37 bits per heavy atom. The van der Waals surface area contributed by atoms with E-state index in [0.29, 0.717) is 18.3 Å². The van der Waals surface area contributed by atoms with Crippen molar-refractivity contribution in [1.82, 2.24) is 14.5 Å². The van der Waals surface area contributed by atoms with Gasteiger partial charge in [0.1, 0.15) is 5.52 Å². The van der Waals surface area contributed by atoms with Gasteiger partial charge in [0.2, 0.25) is 0 Å². The molecule has 0 aromatic carbocycles. The predicted octanol–water partition coefficient (Wildman–Crippen LogP) is 1.56. The Labute approximate surface area is 114 Å². The number of fused-ring (bicyclic) bond motifs is 1. The number of carboxylic acids is 1. The third-order valence-electron chi connectivity index (χ3n) is 2.53. The molecule has 2 rings (SSSR count). The highest BCUT2D eigenvalue weighted by Gasteiger charge is 2.13. The number of thioether (sulfide) groups is 1. The van der Waals surface area contributed by atoms with Gasteiger partial charge in [0.15, 0.2) is 10.8 Å². The minimum absolute atomic E-state index is 0.0186. The van der Waals surface area contributed by atoms with Gasteiger partial charge in [-0.15, -0.1) is 0 Å². The number of pyridine rings is 1. The van der Waals surface area contributed by atoms with Crippen LogP contribution in [0.5, 0.6) is 0 Å². The molecule has 0 bridgehead atoms. The summed E-state index contributed by atoms with van der Waals surface area (Å²) < 4.78 is 6.96. The second-order valence-electron chi connectivity index (χ2n) is 4.08. The van der Waals surface area contributed by atoms with Crippen LogP contribution in [0.4, 0.5) is 0 Å². The lowest BCUT2D eigenvalue weighted by Gasteiger charge is -2.06. The number of rotatable bonds is 6. The number of aromatic nitrogens is 3. The number of methoxy groups -OCH3 is 1. The van der Waals surface area contributed by atoms with Crippen molar-refractivity contribution in [3.8, 4) is 0 Å². The Bertz CT molecular complexity index is 597. The summed E-state index contributed by atoms with van der Waals surface area (Å²) in [7, 11) is 1.63. The fraction of sp³-hybridized carbons (Fsp3) is 0.417. The Morgan fingerprint density at radius 3 is 3.05 bits per heavy atom. The Balaban J connectivity index is 2.38. The largest absolute Gasteiger partial charge is 0.481 e. The summed E-state index contributed by atoms with van der Waals surface area (Å²) in [6, 6.07) is 1.94. The Kier molecular flexibility index (Phi) is 4.39. The maximum atomic E-state index is 10.7. The number of carbonyl (C=O) groups is 1. The van der Waals surface area contributed by atoms with E-state index in [0.717, 1.165) is 16.7 Å². The second-order valence-corrected chi connectivity index (χ2v) is 5.02. The van der Waals surface area contributed by atoms with E-state index in [-0.39, 0.29) is 5.75 Å². The molecule has 0 amide bonds. The number of hydrogen-bond donors (Lipinski definition) is 1. The molecule has 0 unspecified atom stereocenters. The van der Waals surface area contributed by atoms with Crippen molar-refractivity contribution in [3.05, 3.63) is 17.8 Å². The van der Waals surface area contributed by atoms with Gasteiger partial charge < -0.3 is 14.4 Å². The lowest BCUT2D eigenvalue weighted by atomic mass is 10.3. The van der Waals surface area contributed by atoms with Gasteiger partial charge >= 0.3 is 5.97 Å². The number of nitrogens with zero attached hydrogens (tertiary/aromatic N) is 3. The number of hydrogen-bond acceptors (Lipinski definition) is 5. The van der Waals surface area contributed by atoms with Crippen molar-refractivity contribution in [3.63, 3.8) is 0 Å². The molecule has 0 fully saturated rings. The number of ether oxygens (including phenoxy) is 1. The summed E-state index contributed by atoms with van der Waals surface area (Å²) in [6.07, 6.45) is 1.78. The summed E-state index contributed by atoms with van der Waals surface area (Å²) in [6.45, 7) is 3.08. The SMILES string of the molecule is COCCn1c(SCC(=O)O)nc2cc(C)cnc21. The number of imidazole rings is 1.